The third-order valence-electron chi connectivity index (χ3n) is 5.91. The molecule has 0 aliphatic carbocycles. The van der Waals surface area contributed by atoms with E-state index < -0.39 is 17.8 Å². The largest absolute Gasteiger partial charge is 0.379 e. The number of ether oxygens (including phenoxy) is 1. The first-order valence-electron chi connectivity index (χ1n) is 11.0. The molecule has 2 amide bonds. The topological polar surface area (TPSA) is 92.1 Å². The second-order valence-corrected chi connectivity index (χ2v) is 9.07. The maximum absolute atomic E-state index is 13.7. The SMILES string of the molecule is O=C(Nn1cncc1N1C=NC(=O)C1c1ccc(F)c(Br)c1)c1ccc(CN2CCOCC2)cc1. The molecule has 1 fully saturated rings. The van der Waals surface area contributed by atoms with E-state index in [2.05, 4.69) is 36.2 Å². The quantitative estimate of drug-likeness (QED) is 0.516. The molecule has 11 heteroatoms. The minimum absolute atomic E-state index is 0.244. The molecule has 2 aromatic carbocycles. The molecule has 1 N–H and O–H groups in total. The number of anilines is 1. The number of aliphatic imine (C=N–C) groups is 1. The average molecular weight is 541 g/mol. The van der Waals surface area contributed by atoms with E-state index in [0.29, 0.717) is 16.9 Å². The van der Waals surface area contributed by atoms with Crippen LogP contribution in [0.25, 0.3) is 0 Å². The highest BCUT2D eigenvalue weighted by Gasteiger charge is 2.34. The Labute approximate surface area is 209 Å². The number of hydrogen-bond acceptors (Lipinski definition) is 6. The lowest BCUT2D eigenvalue weighted by Gasteiger charge is -2.26. The Morgan fingerprint density at radius 3 is 2.69 bits per heavy atom. The van der Waals surface area contributed by atoms with Crippen molar-refractivity contribution < 1.29 is 18.7 Å². The summed E-state index contributed by atoms with van der Waals surface area (Å²) in [6.45, 7) is 4.06. The van der Waals surface area contributed by atoms with Crippen molar-refractivity contribution in [3.63, 3.8) is 0 Å². The van der Waals surface area contributed by atoms with E-state index in [9.17, 15) is 14.0 Å². The first-order valence-corrected chi connectivity index (χ1v) is 11.8. The number of benzene rings is 2. The van der Waals surface area contributed by atoms with Crippen LogP contribution in [0.5, 0.6) is 0 Å². The summed E-state index contributed by atoms with van der Waals surface area (Å²) in [7, 11) is 0. The standard InChI is InChI=1S/C24H22BrFN6O3/c25-19-11-18(5-6-20(19)26)22-24(34)28-15-31(22)21-12-27-14-32(21)29-23(33)17-3-1-16(2-4-17)13-30-7-9-35-10-8-30/h1-6,11-12,14-15,22H,7-10,13H2,(H,29,33). The van der Waals surface area contributed by atoms with Gasteiger partial charge in [0.05, 0.1) is 23.9 Å². The van der Waals surface area contributed by atoms with E-state index in [1.807, 2.05) is 12.1 Å². The van der Waals surface area contributed by atoms with E-state index in [-0.39, 0.29) is 10.4 Å². The van der Waals surface area contributed by atoms with Crippen LogP contribution in [0, 0.1) is 5.82 Å². The van der Waals surface area contributed by atoms with Crippen molar-refractivity contribution in [2.24, 2.45) is 4.99 Å². The highest BCUT2D eigenvalue weighted by molar-refractivity contribution is 9.10. The van der Waals surface area contributed by atoms with Gasteiger partial charge in [-0.05, 0) is 51.3 Å². The number of carbonyl (C=O) groups excluding carboxylic acids is 2. The molecule has 3 heterocycles. The Balaban J connectivity index is 1.30. The number of carbonyl (C=O) groups is 2. The molecule has 1 atom stereocenters. The number of nitrogens with zero attached hydrogens (tertiary/aromatic N) is 5. The van der Waals surface area contributed by atoms with Crippen molar-refractivity contribution >= 4 is 39.9 Å². The number of nitrogens with one attached hydrogen (secondary N) is 1. The molecule has 1 saturated heterocycles. The summed E-state index contributed by atoms with van der Waals surface area (Å²) in [5.74, 6) is -0.730. The Hall–Kier alpha value is -3.41. The smallest absolute Gasteiger partial charge is 0.274 e. The van der Waals surface area contributed by atoms with Gasteiger partial charge < -0.3 is 4.74 Å². The highest BCUT2D eigenvalue weighted by Crippen LogP contribution is 2.32. The van der Waals surface area contributed by atoms with Gasteiger partial charge in [0.25, 0.3) is 11.8 Å². The number of aromatic nitrogens is 2. The van der Waals surface area contributed by atoms with Crippen LogP contribution in [0.4, 0.5) is 10.2 Å². The molecule has 0 radical (unpaired) electrons. The molecular weight excluding hydrogens is 519 g/mol. The van der Waals surface area contributed by atoms with Crippen LogP contribution in [0.15, 0.2) is 64.5 Å². The average Bonchev–Trinajstić information content (AvgIpc) is 3.48. The lowest BCUT2D eigenvalue weighted by Crippen LogP contribution is -2.35. The zero-order chi connectivity index (χ0) is 24.4. The number of imidazole rings is 1. The number of morpholine rings is 1. The maximum atomic E-state index is 13.7. The van der Waals surface area contributed by atoms with Crippen molar-refractivity contribution in [3.05, 3.63) is 82.0 Å². The number of hydrogen-bond donors (Lipinski definition) is 1. The molecular formula is C24H22BrFN6O3. The summed E-state index contributed by atoms with van der Waals surface area (Å²) in [6, 6.07) is 11.0. The fourth-order valence-corrected chi connectivity index (χ4v) is 4.47. The second-order valence-electron chi connectivity index (χ2n) is 8.21. The molecule has 3 aromatic rings. The summed E-state index contributed by atoms with van der Waals surface area (Å²) in [4.78, 5) is 37.4. The fraction of sp³-hybridized carbons (Fsp3) is 0.250. The van der Waals surface area contributed by atoms with Crippen LogP contribution in [0.3, 0.4) is 0 Å². The van der Waals surface area contributed by atoms with Crippen LogP contribution in [-0.4, -0.2) is 59.0 Å². The van der Waals surface area contributed by atoms with E-state index in [4.69, 9.17) is 4.74 Å². The van der Waals surface area contributed by atoms with E-state index in [1.165, 1.54) is 41.7 Å². The third-order valence-corrected chi connectivity index (χ3v) is 6.52. The van der Waals surface area contributed by atoms with E-state index in [0.717, 1.165) is 38.4 Å². The Bertz CT molecular complexity index is 1270. The first-order chi connectivity index (χ1) is 17.0. The molecule has 0 bridgehead atoms. The highest BCUT2D eigenvalue weighted by atomic mass is 79.9. The Morgan fingerprint density at radius 1 is 1.17 bits per heavy atom. The number of halogens is 2. The van der Waals surface area contributed by atoms with Crippen molar-refractivity contribution in [2.75, 3.05) is 36.6 Å². The Morgan fingerprint density at radius 2 is 1.94 bits per heavy atom. The molecule has 0 spiro atoms. The molecule has 1 unspecified atom stereocenters. The molecule has 35 heavy (non-hydrogen) atoms. The van der Waals surface area contributed by atoms with Crippen molar-refractivity contribution in [1.82, 2.24) is 14.6 Å². The van der Waals surface area contributed by atoms with Gasteiger partial charge >= 0.3 is 0 Å². The summed E-state index contributed by atoms with van der Waals surface area (Å²) < 4.78 is 20.8. The molecule has 5 rings (SSSR count). The zero-order valence-corrected chi connectivity index (χ0v) is 20.2. The monoisotopic (exact) mass is 540 g/mol. The summed E-state index contributed by atoms with van der Waals surface area (Å²) in [6.07, 6.45) is 4.33. The minimum Gasteiger partial charge on any atom is -0.379 e. The summed E-state index contributed by atoms with van der Waals surface area (Å²) in [5.41, 5.74) is 4.95. The summed E-state index contributed by atoms with van der Waals surface area (Å²) in [5, 5.41) is 0. The van der Waals surface area contributed by atoms with Gasteiger partial charge in [0.15, 0.2) is 5.82 Å². The van der Waals surface area contributed by atoms with Gasteiger partial charge in [-0.1, -0.05) is 18.2 Å². The molecule has 2 aliphatic rings. The van der Waals surface area contributed by atoms with Crippen LogP contribution in [-0.2, 0) is 16.1 Å². The first kappa shape index (κ1) is 23.3. The minimum atomic E-state index is -0.807. The Kier molecular flexibility index (Phi) is 6.71. The van der Waals surface area contributed by atoms with Crippen LogP contribution in [0.2, 0.25) is 0 Å². The predicted octanol–water partition coefficient (Wildman–Crippen LogP) is 3.12. The van der Waals surface area contributed by atoms with Gasteiger partial charge in [-0.3, -0.25) is 24.8 Å². The number of amides is 2. The normalized spacial score (nSPS) is 18.3. The summed E-state index contributed by atoms with van der Waals surface area (Å²) >= 11 is 3.16. The van der Waals surface area contributed by atoms with Crippen molar-refractivity contribution in [1.29, 1.82) is 0 Å². The van der Waals surface area contributed by atoms with Crippen LogP contribution < -0.4 is 10.3 Å². The lowest BCUT2D eigenvalue weighted by molar-refractivity contribution is -0.118. The van der Waals surface area contributed by atoms with Crippen molar-refractivity contribution in [2.45, 2.75) is 12.6 Å². The van der Waals surface area contributed by atoms with Crippen molar-refractivity contribution in [3.8, 4) is 0 Å². The third kappa shape index (κ3) is 5.02. The zero-order valence-electron chi connectivity index (χ0n) is 18.6. The van der Waals surface area contributed by atoms with Gasteiger partial charge in [-0.15, -0.1) is 0 Å². The number of rotatable bonds is 6. The predicted molar refractivity (Wildman–Crippen MR) is 131 cm³/mol. The molecule has 1 aromatic heterocycles. The second kappa shape index (κ2) is 10.1. The van der Waals surface area contributed by atoms with E-state index in [1.54, 1.807) is 17.0 Å². The molecule has 180 valence electrons. The molecule has 9 nitrogen and oxygen atoms in total. The van der Waals surface area contributed by atoms with Crippen LogP contribution >= 0.6 is 15.9 Å². The van der Waals surface area contributed by atoms with E-state index >= 15 is 0 Å². The van der Waals surface area contributed by atoms with Gasteiger partial charge in [-0.2, -0.15) is 0 Å². The maximum Gasteiger partial charge on any atom is 0.274 e. The van der Waals surface area contributed by atoms with Gasteiger partial charge in [0, 0.05) is 25.2 Å². The van der Waals surface area contributed by atoms with Gasteiger partial charge in [0.2, 0.25) is 0 Å². The fourth-order valence-electron chi connectivity index (χ4n) is 4.07. The van der Waals surface area contributed by atoms with Gasteiger partial charge in [-0.25, -0.2) is 19.0 Å². The van der Waals surface area contributed by atoms with Crippen LogP contribution in [0.1, 0.15) is 27.5 Å². The molecule has 2 aliphatic heterocycles. The lowest BCUT2D eigenvalue weighted by atomic mass is 10.1. The molecule has 0 saturated carbocycles. The van der Waals surface area contributed by atoms with Gasteiger partial charge in [0.1, 0.15) is 24.5 Å².